The van der Waals surface area contributed by atoms with E-state index in [1.807, 2.05) is 6.92 Å². The highest BCUT2D eigenvalue weighted by atomic mass is 16.2. The zero-order valence-electron chi connectivity index (χ0n) is 28.8. The molecule has 2 heterocycles. The molecule has 48 heavy (non-hydrogen) atoms. The van der Waals surface area contributed by atoms with Crippen LogP contribution in [0.25, 0.3) is 0 Å². The van der Waals surface area contributed by atoms with E-state index in [1.54, 1.807) is 20.8 Å². The number of imidazole rings is 1. The Morgan fingerprint density at radius 1 is 1.02 bits per heavy atom. The number of hydrogen-bond donors (Lipinski definition) is 8. The minimum Gasteiger partial charge on any atom is -0.368 e. The minimum atomic E-state index is -1.50. The summed E-state index contributed by atoms with van der Waals surface area (Å²) in [5.74, 6) is -4.66. The van der Waals surface area contributed by atoms with E-state index in [-0.39, 0.29) is 24.8 Å². The third-order valence-corrected chi connectivity index (χ3v) is 8.49. The number of H-pyrrole nitrogens is 1. The molecule has 1 aromatic heterocycles. The van der Waals surface area contributed by atoms with Gasteiger partial charge in [-0.1, -0.05) is 34.1 Å². The Balaban J connectivity index is 2.05. The molecule has 0 radical (unpaired) electrons. The Morgan fingerprint density at radius 3 is 2.25 bits per heavy atom. The van der Waals surface area contributed by atoms with E-state index < -0.39 is 83.6 Å². The van der Waals surface area contributed by atoms with Gasteiger partial charge in [-0.15, -0.1) is 0 Å². The Hall–Kier alpha value is -4.54. The number of nitrogens with two attached hydrogens (primary N) is 2. The van der Waals surface area contributed by atoms with Gasteiger partial charge in [0.15, 0.2) is 0 Å². The maximum absolute atomic E-state index is 13.3. The lowest BCUT2D eigenvalue weighted by Gasteiger charge is -2.30. The van der Waals surface area contributed by atoms with Gasteiger partial charge in [0.05, 0.1) is 18.9 Å². The first kappa shape index (κ1) is 39.6. The van der Waals surface area contributed by atoms with Gasteiger partial charge in [0, 0.05) is 24.9 Å². The van der Waals surface area contributed by atoms with Crippen LogP contribution in [-0.4, -0.2) is 105 Å². The van der Waals surface area contributed by atoms with Crippen LogP contribution in [0, 0.1) is 11.8 Å². The summed E-state index contributed by atoms with van der Waals surface area (Å²) in [6.45, 7) is 11.3. The second-order valence-corrected chi connectivity index (χ2v) is 13.2. The smallest absolute Gasteiger partial charge is 0.245 e. The van der Waals surface area contributed by atoms with Gasteiger partial charge in [0.25, 0.3) is 0 Å². The van der Waals surface area contributed by atoms with Gasteiger partial charge in [0.2, 0.25) is 41.4 Å². The van der Waals surface area contributed by atoms with Crippen molar-refractivity contribution in [2.45, 2.75) is 110 Å². The van der Waals surface area contributed by atoms with Crippen molar-refractivity contribution in [1.82, 2.24) is 41.5 Å². The summed E-state index contributed by atoms with van der Waals surface area (Å²) >= 11 is 0. The van der Waals surface area contributed by atoms with Crippen molar-refractivity contribution in [2.75, 3.05) is 13.1 Å². The SMILES string of the molecule is CC[C@H](C)[C@H](NC(=O)[C@@H]1CCCN1C(=O)CNC(=O)C(C)(C)NC(=O)[C@H](Cc1cnc[nH]1)NC(=O)[C@@H](N)C(C)C)C(=O)N[C@@H](C)C(N)=O. The second kappa shape index (κ2) is 17.6. The van der Waals surface area contributed by atoms with Gasteiger partial charge in [-0.3, -0.25) is 33.6 Å². The molecule has 1 fully saturated rings. The number of rotatable bonds is 17. The summed E-state index contributed by atoms with van der Waals surface area (Å²) in [5, 5.41) is 13.0. The van der Waals surface area contributed by atoms with Crippen LogP contribution in [0.4, 0.5) is 0 Å². The number of likely N-dealkylation sites (tertiary alicyclic amines) is 1. The van der Waals surface area contributed by atoms with Crippen molar-refractivity contribution in [3.63, 3.8) is 0 Å². The molecule has 1 aliphatic rings. The van der Waals surface area contributed by atoms with E-state index in [1.165, 1.54) is 38.2 Å². The average Bonchev–Trinajstić information content (AvgIpc) is 3.73. The van der Waals surface area contributed by atoms with Crippen molar-refractivity contribution < 1.29 is 33.6 Å². The third-order valence-electron chi connectivity index (χ3n) is 8.49. The molecule has 1 aliphatic heterocycles. The van der Waals surface area contributed by atoms with E-state index in [0.29, 0.717) is 25.0 Å². The molecule has 7 amide bonds. The van der Waals surface area contributed by atoms with Gasteiger partial charge in [-0.2, -0.15) is 0 Å². The highest BCUT2D eigenvalue weighted by molar-refractivity contribution is 5.97. The maximum Gasteiger partial charge on any atom is 0.245 e. The predicted molar refractivity (Wildman–Crippen MR) is 175 cm³/mol. The zero-order valence-corrected chi connectivity index (χ0v) is 28.8. The summed E-state index contributed by atoms with van der Waals surface area (Å²) in [7, 11) is 0. The molecular weight excluding hydrogens is 624 g/mol. The summed E-state index contributed by atoms with van der Waals surface area (Å²) < 4.78 is 0. The summed E-state index contributed by atoms with van der Waals surface area (Å²) in [6, 6.07) is -4.72. The van der Waals surface area contributed by atoms with Crippen molar-refractivity contribution >= 4 is 41.4 Å². The molecule has 6 atom stereocenters. The zero-order chi connectivity index (χ0) is 36.3. The molecule has 0 aromatic carbocycles. The first-order valence-electron chi connectivity index (χ1n) is 16.2. The molecule has 1 aromatic rings. The Bertz CT molecular complexity index is 1320. The minimum absolute atomic E-state index is 0.0563. The van der Waals surface area contributed by atoms with Crippen LogP contribution in [0.1, 0.15) is 73.4 Å². The maximum atomic E-state index is 13.3. The Morgan fingerprint density at radius 2 is 1.69 bits per heavy atom. The highest BCUT2D eigenvalue weighted by Crippen LogP contribution is 2.19. The van der Waals surface area contributed by atoms with E-state index in [2.05, 4.69) is 36.6 Å². The van der Waals surface area contributed by atoms with Crippen molar-refractivity contribution in [2.24, 2.45) is 23.3 Å². The number of carbonyl (C=O) groups excluding carboxylic acids is 7. The monoisotopic (exact) mass is 676 g/mol. The van der Waals surface area contributed by atoms with Crippen LogP contribution >= 0.6 is 0 Å². The Kier molecular flexibility index (Phi) is 14.5. The van der Waals surface area contributed by atoms with Gasteiger partial charge >= 0.3 is 0 Å². The number of hydrogen-bond acceptors (Lipinski definition) is 9. The molecule has 17 heteroatoms. The van der Waals surface area contributed by atoms with Crippen LogP contribution in [0.2, 0.25) is 0 Å². The van der Waals surface area contributed by atoms with E-state index >= 15 is 0 Å². The fourth-order valence-electron chi connectivity index (χ4n) is 4.99. The molecule has 0 unspecified atom stereocenters. The molecule has 268 valence electrons. The van der Waals surface area contributed by atoms with Crippen molar-refractivity contribution in [1.29, 1.82) is 0 Å². The topological polar surface area (TPSA) is 264 Å². The summed E-state index contributed by atoms with van der Waals surface area (Å²) in [4.78, 5) is 98.2. The number of amides is 7. The lowest BCUT2D eigenvalue weighted by atomic mass is 9.97. The number of primary amides is 1. The molecule has 0 spiro atoms. The average molecular weight is 677 g/mol. The van der Waals surface area contributed by atoms with Crippen LogP contribution in [0.5, 0.6) is 0 Å². The molecule has 0 aliphatic carbocycles. The largest absolute Gasteiger partial charge is 0.368 e. The fourth-order valence-corrected chi connectivity index (χ4v) is 4.99. The van der Waals surface area contributed by atoms with Gasteiger partial charge in [-0.05, 0) is 45.4 Å². The molecule has 1 saturated heterocycles. The number of aromatic amines is 1. The lowest BCUT2D eigenvalue weighted by Crippen LogP contribution is -2.61. The van der Waals surface area contributed by atoms with Crippen molar-refractivity contribution in [3.05, 3.63) is 18.2 Å². The third kappa shape index (κ3) is 11.0. The van der Waals surface area contributed by atoms with Crippen LogP contribution < -0.4 is 38.1 Å². The first-order chi connectivity index (χ1) is 22.4. The highest BCUT2D eigenvalue weighted by Gasteiger charge is 2.38. The van der Waals surface area contributed by atoms with Crippen LogP contribution in [0.3, 0.4) is 0 Å². The molecule has 2 rings (SSSR count). The number of aromatic nitrogens is 2. The fraction of sp³-hybridized carbons (Fsp3) is 0.677. The summed E-state index contributed by atoms with van der Waals surface area (Å²) in [5.41, 5.74) is 10.3. The van der Waals surface area contributed by atoms with Gasteiger partial charge < -0.3 is 47.9 Å². The van der Waals surface area contributed by atoms with Crippen molar-refractivity contribution in [3.8, 4) is 0 Å². The first-order valence-corrected chi connectivity index (χ1v) is 16.2. The molecule has 17 nitrogen and oxygen atoms in total. The predicted octanol–water partition coefficient (Wildman–Crippen LogP) is -2.06. The lowest BCUT2D eigenvalue weighted by molar-refractivity contribution is -0.141. The number of nitrogens with one attached hydrogen (secondary N) is 6. The van der Waals surface area contributed by atoms with E-state index in [4.69, 9.17) is 11.5 Å². The van der Waals surface area contributed by atoms with Gasteiger partial charge in [0.1, 0.15) is 29.7 Å². The number of nitrogens with zero attached hydrogens (tertiary/aromatic N) is 2. The summed E-state index contributed by atoms with van der Waals surface area (Å²) in [6.07, 6.45) is 4.43. The number of carbonyl (C=O) groups is 7. The molecular formula is C31H52N10O7. The second-order valence-electron chi connectivity index (χ2n) is 13.2. The van der Waals surface area contributed by atoms with Gasteiger partial charge in [-0.25, -0.2) is 4.98 Å². The normalized spacial score (nSPS) is 17.8. The van der Waals surface area contributed by atoms with Crippen LogP contribution in [0.15, 0.2) is 12.5 Å². The van der Waals surface area contributed by atoms with E-state index in [9.17, 15) is 33.6 Å². The van der Waals surface area contributed by atoms with Crippen LogP contribution in [-0.2, 0) is 40.0 Å². The van der Waals surface area contributed by atoms with E-state index in [0.717, 1.165) is 0 Å². The quantitative estimate of drug-likeness (QED) is 0.0901. The molecule has 10 N–H and O–H groups in total. The molecule has 0 saturated carbocycles. The Labute approximate surface area is 280 Å². The molecule has 0 bridgehead atoms. The standard InChI is InChI=1S/C31H52N10O7/c1-8-17(4)24(29(47)37-18(5)25(33)43)39-27(45)21-10-9-11-41(21)22(42)14-35-30(48)31(6,7)40-26(44)20(12-19-13-34-15-36-19)38-28(46)23(32)16(2)3/h13,15-18,20-21,23-24H,8-12,14,32H2,1-7H3,(H2,33,43)(H,34,36)(H,35,48)(H,37,47)(H,38,46)(H,39,45)(H,40,44)/t17-,18-,20-,21-,23-,24-/m0/s1.